The second kappa shape index (κ2) is 17.2. The first-order chi connectivity index (χ1) is 25.9. The average molecular weight is 747 g/mol. The van der Waals surface area contributed by atoms with E-state index >= 15 is 0 Å². The molecule has 0 unspecified atom stereocenters. The molecule has 0 saturated heterocycles. The molecule has 2 aromatic heterocycles. The molecule has 0 radical (unpaired) electrons. The van der Waals surface area contributed by atoms with Gasteiger partial charge >= 0.3 is 6.18 Å². The number of halogens is 3. The maximum atomic E-state index is 12.8. The van der Waals surface area contributed by atoms with E-state index in [-0.39, 0.29) is 17.4 Å². The highest BCUT2D eigenvalue weighted by Crippen LogP contribution is 2.33. The molecule has 0 bridgehead atoms. The first kappa shape index (κ1) is 37.9. The predicted molar refractivity (Wildman–Crippen MR) is 203 cm³/mol. The molecule has 0 aliphatic carbocycles. The van der Waals surface area contributed by atoms with Crippen LogP contribution >= 0.6 is 0 Å². The van der Waals surface area contributed by atoms with E-state index in [0.29, 0.717) is 23.0 Å². The van der Waals surface area contributed by atoms with Crippen molar-refractivity contribution in [2.45, 2.75) is 6.18 Å². The number of nitrogens with one attached hydrogen (secondary N) is 4. The number of sulfonamides is 1. The predicted octanol–water partition coefficient (Wildman–Crippen LogP) is 8.84. The molecular formula is C39H29F3N8O3S. The Kier molecular flexibility index (Phi) is 12.1. The van der Waals surface area contributed by atoms with Crippen LogP contribution in [-0.4, -0.2) is 28.4 Å². The Balaban J connectivity index is 0.000000213. The Morgan fingerprint density at radius 1 is 0.648 bits per heavy atom. The second-order valence-electron chi connectivity index (χ2n) is 10.9. The summed E-state index contributed by atoms with van der Waals surface area (Å²) >= 11 is 0. The van der Waals surface area contributed by atoms with Crippen LogP contribution in [0.2, 0.25) is 0 Å². The number of nitrogens with zero attached hydrogens (tertiary/aromatic N) is 4. The maximum absolute atomic E-state index is 12.8. The molecule has 4 N–H and O–H groups in total. The number of benzene rings is 4. The van der Waals surface area contributed by atoms with E-state index in [1.165, 1.54) is 36.9 Å². The van der Waals surface area contributed by atoms with Crippen LogP contribution in [0.4, 0.5) is 53.4 Å². The summed E-state index contributed by atoms with van der Waals surface area (Å²) in [6, 6.07) is 29.1. The van der Waals surface area contributed by atoms with Gasteiger partial charge < -0.3 is 20.7 Å². The van der Waals surface area contributed by atoms with Crippen molar-refractivity contribution in [3.05, 3.63) is 151 Å². The normalized spacial score (nSPS) is 10.7. The first-order valence-electron chi connectivity index (χ1n) is 15.6. The minimum Gasteiger partial charge on any atom is -0.439 e. The lowest BCUT2D eigenvalue weighted by Gasteiger charge is -2.11. The number of alkyl halides is 3. The second-order valence-corrected chi connectivity index (χ2v) is 12.5. The van der Waals surface area contributed by atoms with Crippen molar-refractivity contribution in [3.8, 4) is 36.3 Å². The van der Waals surface area contributed by atoms with E-state index < -0.39 is 21.8 Å². The lowest BCUT2D eigenvalue weighted by atomic mass is 10.2. The van der Waals surface area contributed by atoms with Gasteiger partial charge in [0.25, 0.3) is 10.0 Å². The fourth-order valence-electron chi connectivity index (χ4n) is 4.50. The van der Waals surface area contributed by atoms with Crippen LogP contribution in [-0.2, 0) is 16.2 Å². The topological polar surface area (TPSA) is 143 Å². The number of hydrogen-bond acceptors (Lipinski definition) is 10. The summed E-state index contributed by atoms with van der Waals surface area (Å²) in [5.41, 5.74) is 3.30. The van der Waals surface area contributed by atoms with Gasteiger partial charge in [0.05, 0.1) is 11.3 Å². The van der Waals surface area contributed by atoms with Crippen molar-refractivity contribution >= 4 is 50.2 Å². The summed E-state index contributed by atoms with van der Waals surface area (Å²) in [7, 11) is -3.66. The lowest BCUT2D eigenvalue weighted by molar-refractivity contribution is -0.137. The molecule has 15 heteroatoms. The van der Waals surface area contributed by atoms with Gasteiger partial charge in [0, 0.05) is 45.7 Å². The third kappa shape index (κ3) is 11.3. The SMILES string of the molecule is C#Cc1cccc(Nc2cc(Nc3cccc(C#C)c3)ncn2)c1.C=CS(=O)(=O)Nc1cccc(Nc2cc(Oc3cccc(C(F)(F)F)c3)ncn2)c1. The van der Waals surface area contributed by atoms with Crippen molar-refractivity contribution in [2.75, 3.05) is 20.7 Å². The van der Waals surface area contributed by atoms with Crippen LogP contribution in [0.25, 0.3) is 0 Å². The van der Waals surface area contributed by atoms with Gasteiger partial charge in [-0.25, -0.2) is 28.4 Å². The lowest BCUT2D eigenvalue weighted by Crippen LogP contribution is -2.08. The fraction of sp³-hybridized carbons (Fsp3) is 0.0256. The third-order valence-electron chi connectivity index (χ3n) is 6.91. The largest absolute Gasteiger partial charge is 0.439 e. The third-order valence-corrected chi connectivity index (χ3v) is 7.87. The molecule has 6 rings (SSSR count). The Labute approximate surface area is 309 Å². The van der Waals surface area contributed by atoms with Crippen LogP contribution in [0.15, 0.2) is 134 Å². The van der Waals surface area contributed by atoms with Gasteiger partial charge in [-0.2, -0.15) is 13.2 Å². The van der Waals surface area contributed by atoms with Crippen molar-refractivity contribution in [1.29, 1.82) is 0 Å². The molecule has 0 aliphatic rings. The van der Waals surface area contributed by atoms with E-state index in [1.54, 1.807) is 18.2 Å². The molecule has 6 aromatic rings. The zero-order valence-corrected chi connectivity index (χ0v) is 28.9. The van der Waals surface area contributed by atoms with Crippen LogP contribution < -0.4 is 25.4 Å². The molecule has 0 spiro atoms. The van der Waals surface area contributed by atoms with Crippen LogP contribution in [0, 0.1) is 24.7 Å². The van der Waals surface area contributed by atoms with Gasteiger partial charge in [0.2, 0.25) is 5.88 Å². The number of ether oxygens (including phenoxy) is 1. The van der Waals surface area contributed by atoms with Crippen molar-refractivity contribution in [3.63, 3.8) is 0 Å². The Morgan fingerprint density at radius 2 is 1.15 bits per heavy atom. The number of rotatable bonds is 11. The van der Waals surface area contributed by atoms with Crippen molar-refractivity contribution in [1.82, 2.24) is 19.9 Å². The summed E-state index contributed by atoms with van der Waals surface area (Å²) in [5, 5.41) is 10.1. The number of hydrogen-bond donors (Lipinski definition) is 4. The van der Waals surface area contributed by atoms with E-state index in [4.69, 9.17) is 17.6 Å². The Bertz CT molecular complexity index is 2390. The summed E-state index contributed by atoms with van der Waals surface area (Å²) < 4.78 is 69.4. The molecule has 0 fully saturated rings. The fourth-order valence-corrected chi connectivity index (χ4v) is 5.04. The summed E-state index contributed by atoms with van der Waals surface area (Å²) in [4.78, 5) is 16.3. The first-order valence-corrected chi connectivity index (χ1v) is 17.1. The molecule has 4 aromatic carbocycles. The average Bonchev–Trinajstić information content (AvgIpc) is 3.15. The van der Waals surface area contributed by atoms with Crippen LogP contribution in [0.5, 0.6) is 11.6 Å². The minimum absolute atomic E-state index is 0.0235. The van der Waals surface area contributed by atoms with Gasteiger partial charge in [0.15, 0.2) is 0 Å². The van der Waals surface area contributed by atoms with Gasteiger partial charge in [0.1, 0.15) is 35.9 Å². The van der Waals surface area contributed by atoms with E-state index in [2.05, 4.69) is 59.0 Å². The highest BCUT2D eigenvalue weighted by molar-refractivity contribution is 7.95. The van der Waals surface area contributed by atoms with Gasteiger partial charge in [-0.3, -0.25) is 4.72 Å². The number of aromatic nitrogens is 4. The standard InChI is InChI=1S/C20H14N4.C19H15F3N4O3S/c1-3-15-7-5-9-17(11-15)23-19-13-20(22-14-21-19)24-18-10-6-8-16(4-2)12-18;1-2-30(27,28)26-15-7-4-6-14(10-15)25-17-11-18(24-12-23-17)29-16-8-3-5-13(9-16)19(20,21)22/h1-2,5-14H,(H2,21,22,23,24);2-12,26H,1H2,(H,23,24,25). The van der Waals surface area contributed by atoms with Crippen molar-refractivity contribution in [2.24, 2.45) is 0 Å². The molecule has 0 amide bonds. The molecule has 270 valence electrons. The highest BCUT2D eigenvalue weighted by Gasteiger charge is 2.30. The van der Waals surface area contributed by atoms with E-state index in [1.807, 2.05) is 54.6 Å². The molecule has 0 aliphatic heterocycles. The number of anilines is 7. The molecule has 54 heavy (non-hydrogen) atoms. The molecule has 2 heterocycles. The van der Waals surface area contributed by atoms with Gasteiger partial charge in [-0.1, -0.05) is 42.7 Å². The molecular weight excluding hydrogens is 718 g/mol. The summed E-state index contributed by atoms with van der Waals surface area (Å²) in [6.07, 6.45) is 9.01. The zero-order chi connectivity index (χ0) is 38.6. The highest BCUT2D eigenvalue weighted by atomic mass is 32.2. The summed E-state index contributed by atoms with van der Waals surface area (Å²) in [5.74, 6) is 6.82. The Morgan fingerprint density at radius 3 is 1.70 bits per heavy atom. The van der Waals surface area contributed by atoms with Crippen LogP contribution in [0.1, 0.15) is 16.7 Å². The Hall–Kier alpha value is -7.36. The maximum Gasteiger partial charge on any atom is 0.416 e. The number of terminal acetylenes is 2. The quantitative estimate of drug-likeness (QED) is 0.0950. The van der Waals surface area contributed by atoms with E-state index in [9.17, 15) is 21.6 Å². The molecule has 0 saturated carbocycles. The van der Waals surface area contributed by atoms with Crippen molar-refractivity contribution < 1.29 is 26.3 Å². The van der Waals surface area contributed by atoms with E-state index in [0.717, 1.165) is 40.0 Å². The van der Waals surface area contributed by atoms with Gasteiger partial charge in [-0.05, 0) is 72.8 Å². The smallest absolute Gasteiger partial charge is 0.416 e. The molecule has 11 nitrogen and oxygen atoms in total. The minimum atomic E-state index is -4.49. The van der Waals surface area contributed by atoms with Crippen LogP contribution in [0.3, 0.4) is 0 Å². The van der Waals surface area contributed by atoms with Gasteiger partial charge in [-0.15, -0.1) is 12.8 Å². The summed E-state index contributed by atoms with van der Waals surface area (Å²) in [6.45, 7) is 3.22. The molecule has 0 atom stereocenters. The zero-order valence-electron chi connectivity index (χ0n) is 28.0. The monoisotopic (exact) mass is 746 g/mol.